The number of anilines is 1. The van der Waals surface area contributed by atoms with Crippen molar-refractivity contribution in [2.75, 3.05) is 18.4 Å². The zero-order valence-electron chi connectivity index (χ0n) is 12.2. The van der Waals surface area contributed by atoms with Crippen LogP contribution in [0.2, 0.25) is 0 Å². The van der Waals surface area contributed by atoms with Crippen molar-refractivity contribution in [2.45, 2.75) is 12.5 Å². The highest BCUT2D eigenvalue weighted by Gasteiger charge is 2.38. The number of halogens is 1. The topological polar surface area (TPSA) is 102 Å². The summed E-state index contributed by atoms with van der Waals surface area (Å²) in [5.41, 5.74) is 0.442. The van der Waals surface area contributed by atoms with Gasteiger partial charge in [-0.2, -0.15) is 5.26 Å². The molecule has 7 nitrogen and oxygen atoms in total. The monoisotopic (exact) mass is 318 g/mol. The van der Waals surface area contributed by atoms with Gasteiger partial charge in [0.2, 0.25) is 18.2 Å². The number of hydrogen-bond donors (Lipinski definition) is 2. The molecule has 0 radical (unpaired) electrons. The first-order valence-corrected chi connectivity index (χ1v) is 6.97. The van der Waals surface area contributed by atoms with Gasteiger partial charge in [-0.15, -0.1) is 0 Å². The molecule has 3 amide bonds. The maximum absolute atomic E-state index is 12.8. The maximum Gasteiger partial charge on any atom is 0.243 e. The van der Waals surface area contributed by atoms with E-state index in [9.17, 15) is 18.8 Å². The van der Waals surface area contributed by atoms with E-state index in [-0.39, 0.29) is 25.4 Å². The lowest BCUT2D eigenvalue weighted by Gasteiger charge is -2.19. The Hall–Kier alpha value is -2.95. The van der Waals surface area contributed by atoms with Gasteiger partial charge in [-0.25, -0.2) is 4.39 Å². The molecule has 1 saturated heterocycles. The maximum atomic E-state index is 12.8. The molecule has 2 N–H and O–H groups in total. The molecule has 0 aliphatic carbocycles. The van der Waals surface area contributed by atoms with Crippen LogP contribution in [0.3, 0.4) is 0 Å². The van der Waals surface area contributed by atoms with Crippen molar-refractivity contribution in [1.82, 2.24) is 10.2 Å². The predicted octanol–water partition coefficient (Wildman–Crippen LogP) is 0.251. The Balaban J connectivity index is 1.99. The van der Waals surface area contributed by atoms with Gasteiger partial charge in [-0.3, -0.25) is 14.4 Å². The van der Waals surface area contributed by atoms with Gasteiger partial charge in [0.05, 0.1) is 18.5 Å². The van der Waals surface area contributed by atoms with E-state index in [1.807, 2.05) is 6.07 Å². The lowest BCUT2D eigenvalue weighted by Crippen LogP contribution is -2.41. The standard InChI is InChI=1S/C15H15FN4O3/c16-11-1-3-12(4-2-11)19-15(23)10-5-13(6-17)20(8-10)14(22)7-18-9-21/h1-4,9-10,13H,5,7-8H2,(H,18,21)(H,19,23). The van der Waals surface area contributed by atoms with Crippen molar-refractivity contribution in [3.8, 4) is 6.07 Å². The van der Waals surface area contributed by atoms with Crippen molar-refractivity contribution in [1.29, 1.82) is 5.26 Å². The number of amides is 3. The zero-order valence-corrected chi connectivity index (χ0v) is 12.2. The van der Waals surface area contributed by atoms with E-state index in [0.717, 1.165) is 0 Å². The molecule has 1 heterocycles. The quantitative estimate of drug-likeness (QED) is 0.760. The number of nitrogens with zero attached hydrogens (tertiary/aromatic N) is 2. The fourth-order valence-corrected chi connectivity index (χ4v) is 2.43. The number of nitrogens with one attached hydrogen (secondary N) is 2. The van der Waals surface area contributed by atoms with Gasteiger partial charge in [0.15, 0.2) is 0 Å². The van der Waals surface area contributed by atoms with Crippen molar-refractivity contribution >= 4 is 23.9 Å². The molecule has 1 aromatic rings. The SMILES string of the molecule is N#CC1CC(C(=O)Nc2ccc(F)cc2)CN1C(=O)CNC=O. The lowest BCUT2D eigenvalue weighted by molar-refractivity contribution is -0.131. The number of hydrogen-bond acceptors (Lipinski definition) is 4. The Labute approximate surface area is 132 Å². The molecule has 0 aromatic heterocycles. The smallest absolute Gasteiger partial charge is 0.243 e. The van der Waals surface area contributed by atoms with Crippen LogP contribution in [0.1, 0.15) is 6.42 Å². The third-order valence-electron chi connectivity index (χ3n) is 3.59. The van der Waals surface area contributed by atoms with E-state index in [1.54, 1.807) is 0 Å². The van der Waals surface area contributed by atoms with Crippen LogP contribution in [0.15, 0.2) is 24.3 Å². The van der Waals surface area contributed by atoms with E-state index < -0.39 is 23.7 Å². The molecule has 1 aromatic carbocycles. The van der Waals surface area contributed by atoms with Gasteiger partial charge >= 0.3 is 0 Å². The van der Waals surface area contributed by atoms with E-state index >= 15 is 0 Å². The average molecular weight is 318 g/mol. The lowest BCUT2D eigenvalue weighted by atomic mass is 10.1. The van der Waals surface area contributed by atoms with Crippen LogP contribution in [-0.4, -0.2) is 42.3 Å². The highest BCUT2D eigenvalue weighted by Crippen LogP contribution is 2.24. The first-order chi connectivity index (χ1) is 11.0. The van der Waals surface area contributed by atoms with Gasteiger partial charge in [0, 0.05) is 12.2 Å². The van der Waals surface area contributed by atoms with Crippen molar-refractivity contribution in [3.05, 3.63) is 30.1 Å². The summed E-state index contributed by atoms with van der Waals surface area (Å²) in [6.45, 7) is -0.112. The molecular weight excluding hydrogens is 303 g/mol. The Morgan fingerprint density at radius 2 is 2.09 bits per heavy atom. The van der Waals surface area contributed by atoms with Crippen LogP contribution >= 0.6 is 0 Å². The number of carbonyl (C=O) groups is 3. The highest BCUT2D eigenvalue weighted by atomic mass is 19.1. The molecule has 120 valence electrons. The molecule has 1 fully saturated rings. The van der Waals surface area contributed by atoms with E-state index in [0.29, 0.717) is 12.1 Å². The van der Waals surface area contributed by atoms with Gasteiger partial charge in [0.25, 0.3) is 0 Å². The van der Waals surface area contributed by atoms with Crippen molar-refractivity contribution < 1.29 is 18.8 Å². The summed E-state index contributed by atoms with van der Waals surface area (Å²) in [5, 5.41) is 14.0. The molecule has 2 rings (SSSR count). The summed E-state index contributed by atoms with van der Waals surface area (Å²) in [6.07, 6.45) is 0.616. The Morgan fingerprint density at radius 3 is 2.70 bits per heavy atom. The number of carbonyl (C=O) groups excluding carboxylic acids is 3. The van der Waals surface area contributed by atoms with Gasteiger partial charge < -0.3 is 15.5 Å². The number of benzene rings is 1. The minimum Gasteiger partial charge on any atom is -0.350 e. The summed E-state index contributed by atoms with van der Waals surface area (Å²) in [6, 6.07) is 6.59. The molecule has 0 bridgehead atoms. The molecule has 1 aliphatic heterocycles. The first kappa shape index (κ1) is 16.4. The summed E-state index contributed by atoms with van der Waals surface area (Å²) < 4.78 is 12.8. The van der Waals surface area contributed by atoms with Crippen LogP contribution in [-0.2, 0) is 14.4 Å². The van der Waals surface area contributed by atoms with E-state index in [4.69, 9.17) is 5.26 Å². The Morgan fingerprint density at radius 1 is 1.39 bits per heavy atom. The summed E-state index contributed by atoms with van der Waals surface area (Å²) in [7, 11) is 0. The largest absolute Gasteiger partial charge is 0.350 e. The normalized spacial score (nSPS) is 19.7. The molecular formula is C15H15FN4O3. The van der Waals surface area contributed by atoms with Crippen LogP contribution in [0.4, 0.5) is 10.1 Å². The summed E-state index contributed by atoms with van der Waals surface area (Å²) in [5.74, 6) is -1.70. The van der Waals surface area contributed by atoms with Crippen LogP contribution in [0.5, 0.6) is 0 Å². The minimum absolute atomic E-state index is 0.102. The van der Waals surface area contributed by atoms with Crippen LogP contribution < -0.4 is 10.6 Å². The fourth-order valence-electron chi connectivity index (χ4n) is 2.43. The third kappa shape index (κ3) is 4.03. The third-order valence-corrected chi connectivity index (χ3v) is 3.59. The van der Waals surface area contributed by atoms with Crippen molar-refractivity contribution in [3.63, 3.8) is 0 Å². The molecule has 2 atom stereocenters. The number of nitriles is 1. The van der Waals surface area contributed by atoms with Crippen molar-refractivity contribution in [2.24, 2.45) is 5.92 Å². The molecule has 2 unspecified atom stereocenters. The average Bonchev–Trinajstić information content (AvgIpc) is 2.99. The molecule has 1 aliphatic rings. The minimum atomic E-state index is -0.708. The van der Waals surface area contributed by atoms with Crippen LogP contribution in [0.25, 0.3) is 0 Å². The van der Waals surface area contributed by atoms with Gasteiger partial charge in [0.1, 0.15) is 11.9 Å². The highest BCUT2D eigenvalue weighted by molar-refractivity contribution is 5.93. The fraction of sp³-hybridized carbons (Fsp3) is 0.333. The Bertz CT molecular complexity index is 641. The Kier molecular flexibility index (Phi) is 5.25. The molecule has 0 spiro atoms. The second-order valence-electron chi connectivity index (χ2n) is 5.12. The van der Waals surface area contributed by atoms with E-state index in [1.165, 1.54) is 29.2 Å². The number of likely N-dealkylation sites (tertiary alicyclic amines) is 1. The molecule has 0 saturated carbocycles. The second-order valence-corrected chi connectivity index (χ2v) is 5.12. The van der Waals surface area contributed by atoms with Crippen LogP contribution in [0, 0.1) is 23.1 Å². The summed E-state index contributed by atoms with van der Waals surface area (Å²) in [4.78, 5) is 35.7. The molecule has 23 heavy (non-hydrogen) atoms. The zero-order chi connectivity index (χ0) is 16.8. The second kappa shape index (κ2) is 7.35. The van der Waals surface area contributed by atoms with Gasteiger partial charge in [-0.1, -0.05) is 0 Å². The first-order valence-electron chi connectivity index (χ1n) is 6.97. The summed E-state index contributed by atoms with van der Waals surface area (Å²) >= 11 is 0. The van der Waals surface area contributed by atoms with E-state index in [2.05, 4.69) is 10.6 Å². The molecule has 8 heteroatoms. The number of rotatable bonds is 5. The predicted molar refractivity (Wildman–Crippen MR) is 78.3 cm³/mol. The van der Waals surface area contributed by atoms with Gasteiger partial charge in [-0.05, 0) is 30.7 Å².